The van der Waals surface area contributed by atoms with Gasteiger partial charge in [-0.25, -0.2) is 0 Å². The minimum atomic E-state index is -0.426. The summed E-state index contributed by atoms with van der Waals surface area (Å²) < 4.78 is 5.08. The second-order valence-electron chi connectivity index (χ2n) is 3.39. The highest BCUT2D eigenvalue weighted by Crippen LogP contribution is 2.32. The number of hydrogen-bond acceptors (Lipinski definition) is 3. The minimum Gasteiger partial charge on any atom is -0.383 e. The van der Waals surface area contributed by atoms with Gasteiger partial charge < -0.3 is 9.84 Å². The number of hydrogen-bond donors (Lipinski definition) is 2. The molecule has 0 bridgehead atoms. The fourth-order valence-electron chi connectivity index (χ4n) is 1.65. The zero-order valence-electron chi connectivity index (χ0n) is 7.26. The molecular weight excluding hydrogens is 142 g/mol. The summed E-state index contributed by atoms with van der Waals surface area (Å²) in [6, 6.07) is 0. The number of aliphatic hydroxyl groups excluding tert-OH is 1. The normalized spacial score (nSPS) is 24.3. The Hall–Kier alpha value is -0.120. The summed E-state index contributed by atoms with van der Waals surface area (Å²) in [4.78, 5) is 0. The molecule has 1 aliphatic rings. The van der Waals surface area contributed by atoms with Crippen molar-refractivity contribution in [3.63, 3.8) is 0 Å². The third kappa shape index (κ3) is 2.15. The number of nitrogens with one attached hydrogen (secondary N) is 1. The third-order valence-corrected chi connectivity index (χ3v) is 2.25. The van der Waals surface area contributed by atoms with E-state index in [1.165, 1.54) is 6.42 Å². The van der Waals surface area contributed by atoms with Gasteiger partial charge in [0.25, 0.3) is 0 Å². The number of rotatable bonds is 4. The summed E-state index contributed by atoms with van der Waals surface area (Å²) in [6.45, 7) is 2.45. The Morgan fingerprint density at radius 2 is 2.27 bits per heavy atom. The van der Waals surface area contributed by atoms with Crippen LogP contribution in [0.2, 0.25) is 0 Å². The highest BCUT2D eigenvalue weighted by atomic mass is 16.5. The van der Waals surface area contributed by atoms with E-state index in [0.717, 1.165) is 12.8 Å². The molecule has 3 heteroatoms. The van der Waals surface area contributed by atoms with E-state index < -0.39 is 6.23 Å². The Bertz CT molecular complexity index is 121. The predicted molar refractivity (Wildman–Crippen MR) is 43.3 cm³/mol. The van der Waals surface area contributed by atoms with Gasteiger partial charge in [-0.15, -0.1) is 0 Å². The van der Waals surface area contributed by atoms with E-state index in [0.29, 0.717) is 6.61 Å². The van der Waals surface area contributed by atoms with E-state index in [1.54, 1.807) is 14.0 Å². The molecule has 1 unspecified atom stereocenters. The van der Waals surface area contributed by atoms with E-state index in [9.17, 15) is 0 Å². The number of methoxy groups -OCH3 is 1. The van der Waals surface area contributed by atoms with Crippen LogP contribution < -0.4 is 5.32 Å². The van der Waals surface area contributed by atoms with Crippen LogP contribution in [-0.2, 0) is 4.74 Å². The first-order valence-electron chi connectivity index (χ1n) is 4.13. The van der Waals surface area contributed by atoms with Gasteiger partial charge >= 0.3 is 0 Å². The van der Waals surface area contributed by atoms with Gasteiger partial charge in [0.05, 0.1) is 6.61 Å². The summed E-state index contributed by atoms with van der Waals surface area (Å²) in [6.07, 6.45) is 3.05. The van der Waals surface area contributed by atoms with Crippen LogP contribution in [0, 0.1) is 0 Å². The zero-order chi connectivity index (χ0) is 8.32. The summed E-state index contributed by atoms with van der Waals surface area (Å²) in [5.41, 5.74) is 0.0723. The lowest BCUT2D eigenvalue weighted by Gasteiger charge is -2.43. The summed E-state index contributed by atoms with van der Waals surface area (Å²) in [5.74, 6) is 0. The van der Waals surface area contributed by atoms with Crippen LogP contribution in [0.15, 0.2) is 0 Å². The van der Waals surface area contributed by atoms with E-state index in [2.05, 4.69) is 5.32 Å². The van der Waals surface area contributed by atoms with Gasteiger partial charge in [0.15, 0.2) is 0 Å². The molecule has 3 nitrogen and oxygen atoms in total. The standard InChI is InChI=1S/C8H17NO2/c1-7(10)9-8(6-11-2)4-3-5-8/h7,9-10H,3-6H2,1-2H3. The second kappa shape index (κ2) is 3.52. The summed E-state index contributed by atoms with van der Waals surface area (Å²) in [7, 11) is 1.70. The van der Waals surface area contributed by atoms with Crippen LogP contribution in [0.1, 0.15) is 26.2 Å². The van der Waals surface area contributed by atoms with Crippen molar-refractivity contribution in [3.8, 4) is 0 Å². The average molecular weight is 159 g/mol. The second-order valence-corrected chi connectivity index (χ2v) is 3.39. The monoisotopic (exact) mass is 159 g/mol. The molecule has 0 amide bonds. The zero-order valence-corrected chi connectivity index (χ0v) is 7.26. The van der Waals surface area contributed by atoms with Crippen molar-refractivity contribution in [2.24, 2.45) is 0 Å². The van der Waals surface area contributed by atoms with Crippen molar-refractivity contribution < 1.29 is 9.84 Å². The highest BCUT2D eigenvalue weighted by Gasteiger charge is 2.37. The van der Waals surface area contributed by atoms with Crippen molar-refractivity contribution in [1.29, 1.82) is 0 Å². The van der Waals surface area contributed by atoms with Gasteiger partial charge in [-0.2, -0.15) is 0 Å². The fourth-order valence-corrected chi connectivity index (χ4v) is 1.65. The van der Waals surface area contributed by atoms with Gasteiger partial charge in [0.1, 0.15) is 6.23 Å². The molecule has 66 valence electrons. The Kier molecular flexibility index (Phi) is 2.87. The lowest BCUT2D eigenvalue weighted by Crippen LogP contribution is -2.57. The predicted octanol–water partition coefficient (Wildman–Crippen LogP) is 0.483. The largest absolute Gasteiger partial charge is 0.383 e. The molecule has 0 aliphatic heterocycles. The van der Waals surface area contributed by atoms with Gasteiger partial charge in [0, 0.05) is 12.6 Å². The molecule has 0 aromatic carbocycles. The molecule has 0 aromatic heterocycles. The maximum atomic E-state index is 9.11. The Morgan fingerprint density at radius 1 is 1.64 bits per heavy atom. The Balaban J connectivity index is 2.33. The fraction of sp³-hybridized carbons (Fsp3) is 1.00. The smallest absolute Gasteiger partial charge is 0.102 e. The lowest BCUT2D eigenvalue weighted by molar-refractivity contribution is 0.00899. The third-order valence-electron chi connectivity index (χ3n) is 2.25. The first-order valence-corrected chi connectivity index (χ1v) is 4.13. The van der Waals surface area contributed by atoms with Crippen molar-refractivity contribution in [1.82, 2.24) is 5.32 Å². The van der Waals surface area contributed by atoms with E-state index in [4.69, 9.17) is 9.84 Å². The van der Waals surface area contributed by atoms with Crippen LogP contribution in [0.4, 0.5) is 0 Å². The molecule has 1 aliphatic carbocycles. The molecule has 11 heavy (non-hydrogen) atoms. The molecule has 1 rings (SSSR count). The van der Waals surface area contributed by atoms with Crippen molar-refractivity contribution >= 4 is 0 Å². The maximum Gasteiger partial charge on any atom is 0.102 e. The van der Waals surface area contributed by atoms with Crippen LogP contribution in [-0.4, -0.2) is 30.6 Å². The molecule has 2 N–H and O–H groups in total. The summed E-state index contributed by atoms with van der Waals surface area (Å²) >= 11 is 0. The SMILES string of the molecule is COCC1(NC(C)O)CCC1. The summed E-state index contributed by atoms with van der Waals surface area (Å²) in [5, 5.41) is 12.2. The molecule has 0 aromatic rings. The van der Waals surface area contributed by atoms with Crippen molar-refractivity contribution in [2.45, 2.75) is 38.0 Å². The van der Waals surface area contributed by atoms with Crippen LogP contribution in [0.5, 0.6) is 0 Å². The van der Waals surface area contributed by atoms with E-state index in [-0.39, 0.29) is 5.54 Å². The lowest BCUT2D eigenvalue weighted by atomic mass is 9.77. The average Bonchev–Trinajstić information content (AvgIpc) is 1.82. The molecular formula is C8H17NO2. The van der Waals surface area contributed by atoms with Gasteiger partial charge in [0.2, 0.25) is 0 Å². The maximum absolute atomic E-state index is 9.11. The van der Waals surface area contributed by atoms with E-state index in [1.807, 2.05) is 0 Å². The van der Waals surface area contributed by atoms with Crippen LogP contribution in [0.3, 0.4) is 0 Å². The Morgan fingerprint density at radius 3 is 2.55 bits per heavy atom. The van der Waals surface area contributed by atoms with Crippen LogP contribution >= 0.6 is 0 Å². The van der Waals surface area contributed by atoms with Crippen molar-refractivity contribution in [2.75, 3.05) is 13.7 Å². The molecule has 0 spiro atoms. The molecule has 1 saturated carbocycles. The first kappa shape index (κ1) is 8.97. The number of ether oxygens (including phenoxy) is 1. The minimum absolute atomic E-state index is 0.0723. The van der Waals surface area contributed by atoms with E-state index >= 15 is 0 Å². The Labute approximate surface area is 67.7 Å². The topological polar surface area (TPSA) is 41.5 Å². The van der Waals surface area contributed by atoms with Crippen LogP contribution in [0.25, 0.3) is 0 Å². The molecule has 0 saturated heterocycles. The van der Waals surface area contributed by atoms with Gasteiger partial charge in [-0.3, -0.25) is 5.32 Å². The first-order chi connectivity index (χ1) is 5.18. The van der Waals surface area contributed by atoms with Gasteiger partial charge in [-0.1, -0.05) is 0 Å². The quantitative estimate of drug-likeness (QED) is 0.586. The highest BCUT2D eigenvalue weighted by molar-refractivity contribution is 4.95. The van der Waals surface area contributed by atoms with Gasteiger partial charge in [-0.05, 0) is 26.2 Å². The molecule has 0 radical (unpaired) electrons. The molecule has 0 heterocycles. The molecule has 1 fully saturated rings. The molecule has 1 atom stereocenters. The number of aliphatic hydroxyl groups is 1. The van der Waals surface area contributed by atoms with Crippen molar-refractivity contribution in [3.05, 3.63) is 0 Å².